The van der Waals surface area contributed by atoms with Crippen LogP contribution < -0.4 is 5.11 Å². The number of fused-ring (bicyclic) bond motifs is 1. The number of aromatic carboxylic acids is 1. The van der Waals surface area contributed by atoms with Crippen molar-refractivity contribution in [3.63, 3.8) is 0 Å². The van der Waals surface area contributed by atoms with Gasteiger partial charge in [0.2, 0.25) is 0 Å². The second kappa shape index (κ2) is 6.55. The molecule has 0 saturated carbocycles. The molecule has 0 spiro atoms. The molecule has 19 heavy (non-hydrogen) atoms. The highest BCUT2D eigenvalue weighted by molar-refractivity contribution is 7.13. The molecule has 0 saturated heterocycles. The third kappa shape index (κ3) is 4.90. The molecular weight excluding hydrogens is 266 g/mol. The number of carbonyl (C=O) groups excluding carboxylic acids is 1. The monoisotopic (exact) mass is 283 g/mol. The van der Waals surface area contributed by atoms with Gasteiger partial charge in [-0.1, -0.05) is 16.6 Å². The van der Waals surface area contributed by atoms with Crippen LogP contribution in [0.2, 0.25) is 0 Å². The molecule has 0 amide bonds. The Bertz CT molecular complexity index is 548. The molecule has 1 aromatic carbocycles. The van der Waals surface area contributed by atoms with Crippen LogP contribution in [0.1, 0.15) is 10.4 Å². The number of aliphatic hydroxyl groups is 1. The van der Waals surface area contributed by atoms with E-state index in [0.717, 1.165) is 22.6 Å². The van der Waals surface area contributed by atoms with E-state index in [9.17, 15) is 9.90 Å². The third-order valence-corrected chi connectivity index (χ3v) is 3.04. The van der Waals surface area contributed by atoms with Crippen LogP contribution in [-0.4, -0.2) is 59.4 Å². The van der Waals surface area contributed by atoms with Crippen LogP contribution in [0.25, 0.3) is 10.2 Å². The van der Waals surface area contributed by atoms with Crippen LogP contribution >= 0.6 is 11.5 Å². The van der Waals surface area contributed by atoms with E-state index in [1.165, 1.54) is 6.07 Å². The summed E-state index contributed by atoms with van der Waals surface area (Å²) in [7, 11) is 6.16. The molecule has 1 aromatic heterocycles. The van der Waals surface area contributed by atoms with Crippen molar-refractivity contribution in [1.82, 2.24) is 9.59 Å². The van der Waals surface area contributed by atoms with Crippen molar-refractivity contribution in [2.45, 2.75) is 0 Å². The van der Waals surface area contributed by atoms with Crippen LogP contribution in [0.4, 0.5) is 0 Å². The second-order valence-corrected chi connectivity index (χ2v) is 5.71. The largest absolute Gasteiger partial charge is 0.545 e. The Labute approximate surface area is 115 Å². The number of carbonyl (C=O) groups is 1. The molecule has 6 nitrogen and oxygen atoms in total. The summed E-state index contributed by atoms with van der Waals surface area (Å²) >= 11 is 1.06. The SMILES string of the molecule is C[N+](C)(C)CCO.O=C([O-])c1cccc2nnsc12. The minimum absolute atomic E-state index is 0.155. The van der Waals surface area contributed by atoms with E-state index in [1.807, 2.05) is 0 Å². The first kappa shape index (κ1) is 15.5. The number of rotatable bonds is 3. The van der Waals surface area contributed by atoms with Crippen LogP contribution in [0, 0.1) is 0 Å². The molecule has 0 fully saturated rings. The number of aliphatic hydroxyl groups excluding tert-OH is 1. The Balaban J connectivity index is 0.000000224. The maximum Gasteiger partial charge on any atom is 0.106 e. The number of benzene rings is 1. The zero-order chi connectivity index (χ0) is 14.5. The molecule has 0 radical (unpaired) electrons. The Morgan fingerprint density at radius 2 is 2.11 bits per heavy atom. The minimum Gasteiger partial charge on any atom is -0.545 e. The Kier molecular flexibility index (Phi) is 5.34. The molecule has 1 N–H and O–H groups in total. The molecule has 0 unspecified atom stereocenters. The smallest absolute Gasteiger partial charge is 0.106 e. The number of carboxylic acid groups (broad SMARTS) is 1. The van der Waals surface area contributed by atoms with E-state index in [-0.39, 0.29) is 12.2 Å². The first-order valence-corrected chi connectivity index (χ1v) is 6.46. The lowest BCUT2D eigenvalue weighted by molar-refractivity contribution is -0.870. The summed E-state index contributed by atoms with van der Waals surface area (Å²) in [6.07, 6.45) is 0. The zero-order valence-electron chi connectivity index (χ0n) is 11.2. The van der Waals surface area contributed by atoms with Gasteiger partial charge in [-0.3, -0.25) is 0 Å². The third-order valence-electron chi connectivity index (χ3n) is 2.27. The Hall–Kier alpha value is -1.57. The first-order chi connectivity index (χ1) is 8.85. The predicted molar refractivity (Wildman–Crippen MR) is 71.7 cm³/mol. The van der Waals surface area contributed by atoms with Gasteiger partial charge in [0, 0.05) is 5.56 Å². The van der Waals surface area contributed by atoms with Gasteiger partial charge in [-0.2, -0.15) is 0 Å². The van der Waals surface area contributed by atoms with Crippen molar-refractivity contribution in [3.05, 3.63) is 23.8 Å². The topological polar surface area (TPSA) is 86.1 Å². The zero-order valence-corrected chi connectivity index (χ0v) is 12.0. The average molecular weight is 283 g/mol. The van der Waals surface area contributed by atoms with Crippen LogP contribution in [0.3, 0.4) is 0 Å². The number of nitrogens with zero attached hydrogens (tertiary/aromatic N) is 3. The van der Waals surface area contributed by atoms with Gasteiger partial charge in [-0.25, -0.2) is 0 Å². The molecule has 0 aliphatic carbocycles. The summed E-state index contributed by atoms with van der Waals surface area (Å²) < 4.78 is 5.06. The summed E-state index contributed by atoms with van der Waals surface area (Å²) in [6, 6.07) is 4.82. The van der Waals surface area contributed by atoms with Crippen molar-refractivity contribution in [2.24, 2.45) is 0 Å². The van der Waals surface area contributed by atoms with E-state index >= 15 is 0 Å². The summed E-state index contributed by atoms with van der Waals surface area (Å²) in [6.45, 7) is 1.11. The lowest BCUT2D eigenvalue weighted by atomic mass is 10.2. The molecule has 2 rings (SSSR count). The van der Waals surface area contributed by atoms with Gasteiger partial charge in [-0.05, 0) is 17.6 Å². The molecule has 0 aliphatic heterocycles. The highest BCUT2D eigenvalue weighted by atomic mass is 32.1. The molecule has 0 atom stereocenters. The quantitative estimate of drug-likeness (QED) is 0.784. The molecular formula is C12H17N3O3S. The summed E-state index contributed by atoms with van der Waals surface area (Å²) in [5.74, 6) is -1.19. The first-order valence-electron chi connectivity index (χ1n) is 5.69. The van der Waals surface area contributed by atoms with Crippen molar-refractivity contribution in [1.29, 1.82) is 0 Å². The number of carboxylic acids is 1. The standard InChI is InChI=1S/C7H4N2O2S.C5H14NO/c10-7(11)4-2-1-3-5-6(4)12-9-8-5;1-6(2,3)4-5-7/h1-3H,(H,10,11);7H,4-5H2,1-3H3/q;+1/p-1. The highest BCUT2D eigenvalue weighted by Gasteiger charge is 2.04. The lowest BCUT2D eigenvalue weighted by Crippen LogP contribution is -2.36. The number of aromatic nitrogens is 2. The number of hydrogen-bond acceptors (Lipinski definition) is 6. The van der Waals surface area contributed by atoms with Gasteiger partial charge in [-0.15, -0.1) is 5.10 Å². The highest BCUT2D eigenvalue weighted by Crippen LogP contribution is 2.19. The second-order valence-electron chi connectivity index (χ2n) is 4.95. The predicted octanol–water partition coefficient (Wildman–Crippen LogP) is -0.260. The van der Waals surface area contributed by atoms with Crippen LogP contribution in [0.15, 0.2) is 18.2 Å². The van der Waals surface area contributed by atoms with Crippen LogP contribution in [-0.2, 0) is 0 Å². The fourth-order valence-electron chi connectivity index (χ4n) is 1.27. The summed E-state index contributed by atoms with van der Waals surface area (Å²) in [5, 5.41) is 22.7. The molecule has 0 aliphatic rings. The van der Waals surface area contributed by atoms with E-state index in [4.69, 9.17) is 5.11 Å². The Morgan fingerprint density at radius 3 is 2.58 bits per heavy atom. The normalized spacial score (nSPS) is 10.9. The molecule has 1 heterocycles. The molecule has 2 aromatic rings. The fraction of sp³-hybridized carbons (Fsp3) is 0.417. The molecule has 0 bridgehead atoms. The van der Waals surface area contributed by atoms with Crippen molar-refractivity contribution >= 4 is 27.7 Å². The molecule has 104 valence electrons. The van der Waals surface area contributed by atoms with E-state index in [0.29, 0.717) is 10.2 Å². The number of quaternary nitrogens is 1. The fourth-order valence-corrected chi connectivity index (χ4v) is 1.93. The number of likely N-dealkylation sites (N-methyl/N-ethyl adjacent to an activating group) is 1. The number of hydrogen-bond donors (Lipinski definition) is 1. The minimum atomic E-state index is -1.19. The molecule has 7 heteroatoms. The summed E-state index contributed by atoms with van der Waals surface area (Å²) in [4.78, 5) is 10.6. The van der Waals surface area contributed by atoms with Gasteiger partial charge in [0.1, 0.15) is 12.1 Å². The van der Waals surface area contributed by atoms with Gasteiger partial charge >= 0.3 is 0 Å². The van der Waals surface area contributed by atoms with Gasteiger partial charge in [0.05, 0.1) is 38.4 Å². The van der Waals surface area contributed by atoms with E-state index < -0.39 is 5.97 Å². The van der Waals surface area contributed by atoms with Crippen molar-refractivity contribution < 1.29 is 19.5 Å². The lowest BCUT2D eigenvalue weighted by Gasteiger charge is -2.21. The van der Waals surface area contributed by atoms with E-state index in [2.05, 4.69) is 30.7 Å². The summed E-state index contributed by atoms with van der Waals surface area (Å²) in [5.41, 5.74) is 0.754. The van der Waals surface area contributed by atoms with Crippen LogP contribution in [0.5, 0.6) is 0 Å². The average Bonchev–Trinajstić information content (AvgIpc) is 2.75. The van der Waals surface area contributed by atoms with Gasteiger partial charge in [0.25, 0.3) is 0 Å². The maximum atomic E-state index is 10.6. The van der Waals surface area contributed by atoms with Crippen molar-refractivity contribution in [2.75, 3.05) is 34.3 Å². The van der Waals surface area contributed by atoms with Gasteiger partial charge < -0.3 is 19.5 Å². The van der Waals surface area contributed by atoms with E-state index in [1.54, 1.807) is 12.1 Å². The maximum absolute atomic E-state index is 10.6. The Morgan fingerprint density at radius 1 is 1.42 bits per heavy atom. The van der Waals surface area contributed by atoms with Crippen molar-refractivity contribution in [3.8, 4) is 0 Å². The van der Waals surface area contributed by atoms with Gasteiger partial charge in [0.15, 0.2) is 0 Å².